The lowest BCUT2D eigenvalue weighted by Gasteiger charge is -2.26. The molecule has 8 N–H and O–H groups in total. The van der Waals surface area contributed by atoms with E-state index in [2.05, 4.69) is 35.9 Å². The molecule has 0 radical (unpaired) electrons. The summed E-state index contributed by atoms with van der Waals surface area (Å²) in [6, 6.07) is 16.5. The zero-order valence-electron chi connectivity index (χ0n) is 34.5. The van der Waals surface area contributed by atoms with Gasteiger partial charge in [-0.25, -0.2) is 19.2 Å². The first-order valence-electron chi connectivity index (χ1n) is 21.0. The number of amides is 1. The lowest BCUT2D eigenvalue weighted by Crippen LogP contribution is -2.37. The second kappa shape index (κ2) is 19.6. The first kappa shape index (κ1) is 44.9. The summed E-state index contributed by atoms with van der Waals surface area (Å²) in [6.07, 6.45) is 5.02. The van der Waals surface area contributed by atoms with E-state index in [4.69, 9.17) is 23.2 Å². The number of carboxylic acid groups (broad SMARTS) is 1. The summed E-state index contributed by atoms with van der Waals surface area (Å²) >= 11 is 12.3. The highest BCUT2D eigenvalue weighted by molar-refractivity contribution is 6.31. The number of hydrogen-bond acceptors (Lipinski definition) is 14. The van der Waals surface area contributed by atoms with Crippen molar-refractivity contribution in [2.45, 2.75) is 57.8 Å². The highest BCUT2D eigenvalue weighted by atomic mass is 35.5. The number of halogens is 3. The maximum absolute atomic E-state index is 13.2. The topological polar surface area (TPSA) is 229 Å². The Bertz CT molecular complexity index is 2510. The Morgan fingerprint density at radius 1 is 0.672 bits per heavy atom. The van der Waals surface area contributed by atoms with Crippen molar-refractivity contribution in [2.24, 2.45) is 23.7 Å². The first-order valence-corrected chi connectivity index (χ1v) is 21.7. The number of hydrogen-bond donors (Lipinski definition) is 8. The van der Waals surface area contributed by atoms with E-state index < -0.39 is 5.97 Å². The fourth-order valence-corrected chi connectivity index (χ4v) is 9.12. The molecule has 6 atom stereocenters. The molecule has 9 rings (SSSR count). The van der Waals surface area contributed by atoms with Crippen LogP contribution < -0.4 is 25.8 Å². The molecule has 2 aliphatic carbocycles. The van der Waals surface area contributed by atoms with Crippen LogP contribution in [0, 0.1) is 29.5 Å². The van der Waals surface area contributed by atoms with Crippen molar-refractivity contribution in [1.29, 1.82) is 0 Å². The van der Waals surface area contributed by atoms with Crippen LogP contribution in [0.15, 0.2) is 73.1 Å². The molecule has 6 unspecified atom stereocenters. The second-order valence-electron chi connectivity index (χ2n) is 16.5. The molecule has 0 spiro atoms. The molecule has 16 nitrogen and oxygen atoms in total. The smallest absolute Gasteiger partial charge is 0.341 e. The minimum Gasteiger partial charge on any atom is -0.477 e. The lowest BCUT2D eigenvalue weighted by atomic mass is 10.1. The Morgan fingerprint density at radius 2 is 1.14 bits per heavy atom. The van der Waals surface area contributed by atoms with Crippen molar-refractivity contribution in [3.63, 3.8) is 0 Å². The number of carbonyl (C=O) groups is 2. The molecule has 19 heteroatoms. The van der Waals surface area contributed by atoms with Gasteiger partial charge in [0.05, 0.1) is 38.5 Å². The van der Waals surface area contributed by atoms with Gasteiger partial charge in [0.25, 0.3) is 5.91 Å². The third kappa shape index (κ3) is 9.99. The van der Waals surface area contributed by atoms with Gasteiger partial charge in [-0.3, -0.25) is 4.79 Å². The van der Waals surface area contributed by atoms with Gasteiger partial charge in [0.1, 0.15) is 28.6 Å². The van der Waals surface area contributed by atoms with Gasteiger partial charge in [0, 0.05) is 55.2 Å². The molecule has 336 valence electrons. The normalized spacial score (nSPS) is 21.4. The minimum absolute atomic E-state index is 0.0154. The molecule has 4 fully saturated rings. The van der Waals surface area contributed by atoms with E-state index in [1.807, 2.05) is 21.9 Å². The van der Waals surface area contributed by atoms with Crippen LogP contribution in [0.3, 0.4) is 0 Å². The number of aromatic carboxylic acids is 1. The number of piperidine rings is 2. The maximum Gasteiger partial charge on any atom is 0.341 e. The number of benzene rings is 3. The van der Waals surface area contributed by atoms with Crippen molar-refractivity contribution in [2.75, 3.05) is 46.7 Å². The summed E-state index contributed by atoms with van der Waals surface area (Å²) in [5, 5.41) is 57.6. The Labute approximate surface area is 378 Å². The molecule has 2 saturated heterocycles. The first-order chi connectivity index (χ1) is 31.0. The fourth-order valence-electron chi connectivity index (χ4n) is 8.59. The number of aliphatic hydroxyl groups is 4. The zero-order valence-corrected chi connectivity index (χ0v) is 36.1. The fraction of sp³-hybridized carbons (Fsp3) is 0.378. The van der Waals surface area contributed by atoms with E-state index in [0.717, 1.165) is 42.6 Å². The van der Waals surface area contributed by atoms with E-state index >= 15 is 0 Å². The number of carbonyl (C=O) groups excluding carboxylic acids is 1. The Balaban J connectivity index is 0.000000181. The zero-order chi connectivity index (χ0) is 45.1. The molecule has 4 aliphatic rings. The van der Waals surface area contributed by atoms with Gasteiger partial charge in [-0.05, 0) is 88.6 Å². The Morgan fingerprint density at radius 3 is 1.59 bits per heavy atom. The van der Waals surface area contributed by atoms with Crippen LogP contribution in [0.1, 0.15) is 61.4 Å². The number of aromatic nitrogens is 4. The van der Waals surface area contributed by atoms with Crippen LogP contribution in [-0.2, 0) is 32.8 Å². The summed E-state index contributed by atoms with van der Waals surface area (Å²) < 4.78 is 13.2. The third-order valence-electron chi connectivity index (χ3n) is 12.4. The van der Waals surface area contributed by atoms with Crippen LogP contribution >= 0.6 is 23.2 Å². The van der Waals surface area contributed by atoms with Crippen molar-refractivity contribution in [3.8, 4) is 0 Å². The summed E-state index contributed by atoms with van der Waals surface area (Å²) in [4.78, 5) is 46.4. The summed E-state index contributed by atoms with van der Waals surface area (Å²) in [7, 11) is 0. The third-order valence-corrected chi connectivity index (χ3v) is 13.1. The predicted octanol–water partition coefficient (Wildman–Crippen LogP) is 4.87. The molecular formula is C45H48Cl2FN9O7. The quantitative estimate of drug-likeness (QED) is 0.0661. The van der Waals surface area contributed by atoms with E-state index in [-0.39, 0.29) is 73.7 Å². The van der Waals surface area contributed by atoms with E-state index in [1.54, 1.807) is 36.4 Å². The highest BCUT2D eigenvalue weighted by Crippen LogP contribution is 2.51. The lowest BCUT2D eigenvalue weighted by molar-refractivity contribution is 0.0696. The molecule has 1 amide bonds. The highest BCUT2D eigenvalue weighted by Gasteiger charge is 2.54. The van der Waals surface area contributed by atoms with Crippen LogP contribution in [-0.4, -0.2) is 95.7 Å². The summed E-state index contributed by atoms with van der Waals surface area (Å²) in [5.41, 5.74) is 3.95. The number of aliphatic hydroxyl groups excluding tert-OH is 4. The maximum atomic E-state index is 13.2. The number of rotatable bonds is 16. The number of fused-ring (bicyclic) bond motifs is 2. The van der Waals surface area contributed by atoms with Crippen molar-refractivity contribution in [1.82, 2.24) is 25.3 Å². The molecule has 2 aromatic heterocycles. The van der Waals surface area contributed by atoms with Crippen molar-refractivity contribution in [3.05, 3.63) is 128 Å². The number of nitrogens with one attached hydrogen (secondary N) is 3. The van der Waals surface area contributed by atoms with Crippen molar-refractivity contribution < 1.29 is 39.5 Å². The van der Waals surface area contributed by atoms with Gasteiger partial charge in [-0.15, -0.1) is 0 Å². The second-order valence-corrected chi connectivity index (χ2v) is 17.3. The van der Waals surface area contributed by atoms with Crippen LogP contribution in [0.5, 0.6) is 0 Å². The van der Waals surface area contributed by atoms with Crippen LogP contribution in [0.2, 0.25) is 10.0 Å². The van der Waals surface area contributed by atoms with Gasteiger partial charge in [0.2, 0.25) is 11.9 Å². The molecule has 2 saturated carbocycles. The monoisotopic (exact) mass is 915 g/mol. The number of anilines is 4. The molecular weight excluding hydrogens is 868 g/mol. The largest absolute Gasteiger partial charge is 0.477 e. The summed E-state index contributed by atoms with van der Waals surface area (Å²) in [6.45, 7) is 2.21. The Kier molecular flexibility index (Phi) is 13.7. The number of carboxylic acids is 1. The SMILES string of the molecule is O=C(NCc1ccc(F)cc1)c1cnc(N2CC3CC3C2CO)nc1NCc1ccc(CO)c(Cl)c1.O=C(O)c1cnc(N2CC3CC3C2CO)nc1NCc1ccc(CO)c(Cl)c1. The van der Waals surface area contributed by atoms with E-state index in [9.17, 15) is 39.5 Å². The van der Waals surface area contributed by atoms with E-state index in [1.165, 1.54) is 24.5 Å². The standard InChI is InChI=1S/C26H27ClFN5O3.C19H21ClN4O4/c27-22-7-16(1-4-17(22)13-34)10-29-24-21(25(36)30-9-15-2-5-19(28)6-3-15)11-31-26(32-24)33-12-18-8-20(18)23(33)14-35;20-15-3-10(1-2-11(15)8-25)5-21-17-14(18(27)28)6-22-19(23-17)24-7-12-4-13(12)16(24)9-26/h1-7,11,18,20,23,34-35H,8-10,12-14H2,(H,30,36)(H,29,31,32);1-3,6,12-13,16,25-26H,4-5,7-9H2,(H,27,28)(H,21,22,23). The van der Waals surface area contributed by atoms with Crippen LogP contribution in [0.25, 0.3) is 0 Å². The predicted molar refractivity (Wildman–Crippen MR) is 238 cm³/mol. The summed E-state index contributed by atoms with van der Waals surface area (Å²) in [5.74, 6) is 1.67. The van der Waals surface area contributed by atoms with Crippen molar-refractivity contribution >= 4 is 58.6 Å². The van der Waals surface area contributed by atoms with E-state index in [0.29, 0.717) is 75.6 Å². The molecule has 2 aliphatic heterocycles. The van der Waals surface area contributed by atoms with Gasteiger partial charge in [-0.2, -0.15) is 9.97 Å². The van der Waals surface area contributed by atoms with Gasteiger partial charge in [-0.1, -0.05) is 59.6 Å². The van der Waals surface area contributed by atoms with Crippen LogP contribution in [0.4, 0.5) is 27.9 Å². The van der Waals surface area contributed by atoms with Gasteiger partial charge < -0.3 is 51.3 Å². The molecule has 5 aromatic rings. The molecule has 64 heavy (non-hydrogen) atoms. The van der Waals surface area contributed by atoms with Gasteiger partial charge in [0.15, 0.2) is 0 Å². The Hall–Kier alpha value is -5.69. The minimum atomic E-state index is -1.12. The molecule has 0 bridgehead atoms. The number of nitrogens with zero attached hydrogens (tertiary/aromatic N) is 6. The van der Waals surface area contributed by atoms with Gasteiger partial charge >= 0.3 is 5.97 Å². The molecule has 3 aromatic carbocycles. The molecule has 4 heterocycles. The average molecular weight is 917 g/mol. The average Bonchev–Trinajstić information content (AvgIpc) is 4.19.